The van der Waals surface area contributed by atoms with Crippen LogP contribution >= 0.6 is 0 Å². The molecule has 2 atom stereocenters. The normalized spacial score (nSPS) is 28.1. The van der Waals surface area contributed by atoms with Gasteiger partial charge in [0.05, 0.1) is 0 Å². The molecule has 1 unspecified atom stereocenters. The molecule has 0 bridgehead atoms. The maximum Gasteiger partial charge on any atom is 0.244 e. The average molecular weight is 308 g/mol. The van der Waals surface area contributed by atoms with Crippen molar-refractivity contribution in [3.8, 4) is 0 Å². The van der Waals surface area contributed by atoms with E-state index in [0.29, 0.717) is 17.4 Å². The van der Waals surface area contributed by atoms with Crippen molar-refractivity contribution >= 4 is 11.8 Å². The van der Waals surface area contributed by atoms with Crippen LogP contribution in [0, 0.1) is 17.3 Å². The lowest BCUT2D eigenvalue weighted by atomic mass is 9.89. The molecular weight excluding hydrogens is 280 g/mol. The Morgan fingerprint density at radius 1 is 1.32 bits per heavy atom. The highest BCUT2D eigenvalue weighted by Gasteiger charge is 2.52. The summed E-state index contributed by atoms with van der Waals surface area (Å²) in [5.74, 6) is -0.0176. The zero-order valence-electron chi connectivity index (χ0n) is 13.5. The lowest BCUT2D eigenvalue weighted by molar-refractivity contribution is -0.141. The van der Waals surface area contributed by atoms with Gasteiger partial charge in [0, 0.05) is 24.9 Å². The first-order valence-corrected chi connectivity index (χ1v) is 8.76. The molecule has 3 rings (SSSR count). The lowest BCUT2D eigenvalue weighted by Gasteiger charge is -2.28. The fourth-order valence-electron chi connectivity index (χ4n) is 4.58. The van der Waals surface area contributed by atoms with Gasteiger partial charge in [-0.15, -0.1) is 0 Å². The van der Waals surface area contributed by atoms with Gasteiger partial charge in [-0.2, -0.15) is 0 Å². The first-order chi connectivity index (χ1) is 10.5. The number of hydrogen-bond donors (Lipinski definition) is 2. The summed E-state index contributed by atoms with van der Waals surface area (Å²) >= 11 is 0. The summed E-state index contributed by atoms with van der Waals surface area (Å²) in [6.45, 7) is 3.00. The van der Waals surface area contributed by atoms with Crippen LogP contribution in [-0.4, -0.2) is 34.5 Å². The SMILES string of the molecule is CC1CC2(CC2)CN1C(=O)[C@@H](CC(=O)NO)CC1CCCC1. The second kappa shape index (κ2) is 6.19. The van der Waals surface area contributed by atoms with Gasteiger partial charge in [0.2, 0.25) is 11.8 Å². The molecule has 3 aliphatic rings. The predicted octanol–water partition coefficient (Wildman–Crippen LogP) is 2.48. The van der Waals surface area contributed by atoms with Crippen LogP contribution in [0.5, 0.6) is 0 Å². The van der Waals surface area contributed by atoms with E-state index >= 15 is 0 Å². The monoisotopic (exact) mass is 308 g/mol. The van der Waals surface area contributed by atoms with Gasteiger partial charge in [-0.3, -0.25) is 14.8 Å². The molecule has 1 heterocycles. The summed E-state index contributed by atoms with van der Waals surface area (Å²) in [4.78, 5) is 26.6. The molecule has 1 saturated heterocycles. The van der Waals surface area contributed by atoms with E-state index in [9.17, 15) is 9.59 Å². The highest BCUT2D eigenvalue weighted by molar-refractivity contribution is 5.85. The van der Waals surface area contributed by atoms with E-state index in [0.717, 1.165) is 19.4 Å². The largest absolute Gasteiger partial charge is 0.339 e. The van der Waals surface area contributed by atoms with Gasteiger partial charge in [0.1, 0.15) is 0 Å². The molecule has 22 heavy (non-hydrogen) atoms. The van der Waals surface area contributed by atoms with Crippen LogP contribution in [0.25, 0.3) is 0 Å². The number of hydrogen-bond acceptors (Lipinski definition) is 3. The van der Waals surface area contributed by atoms with E-state index in [1.54, 1.807) is 5.48 Å². The van der Waals surface area contributed by atoms with Crippen LogP contribution < -0.4 is 5.48 Å². The van der Waals surface area contributed by atoms with Crippen molar-refractivity contribution in [2.24, 2.45) is 17.3 Å². The minimum Gasteiger partial charge on any atom is -0.339 e. The van der Waals surface area contributed by atoms with Crippen molar-refractivity contribution in [2.45, 2.75) is 70.8 Å². The Morgan fingerprint density at radius 2 is 2.00 bits per heavy atom. The molecule has 0 radical (unpaired) electrons. The molecule has 0 aromatic heterocycles. The second-order valence-electron chi connectivity index (χ2n) is 7.84. The summed E-state index contributed by atoms with van der Waals surface area (Å²) in [7, 11) is 0. The smallest absolute Gasteiger partial charge is 0.244 e. The summed E-state index contributed by atoms with van der Waals surface area (Å²) in [6, 6.07) is 0.290. The van der Waals surface area contributed by atoms with Gasteiger partial charge in [-0.05, 0) is 43.9 Å². The molecule has 124 valence electrons. The molecular formula is C17H28N2O3. The van der Waals surface area contributed by atoms with Gasteiger partial charge in [-0.25, -0.2) is 5.48 Å². The number of likely N-dealkylation sites (tertiary alicyclic amines) is 1. The topological polar surface area (TPSA) is 69.6 Å². The zero-order valence-corrected chi connectivity index (χ0v) is 13.5. The van der Waals surface area contributed by atoms with Crippen molar-refractivity contribution in [1.82, 2.24) is 10.4 Å². The third-order valence-electron chi connectivity index (χ3n) is 6.00. The van der Waals surface area contributed by atoms with Crippen molar-refractivity contribution in [3.05, 3.63) is 0 Å². The molecule has 0 aromatic rings. The zero-order chi connectivity index (χ0) is 15.7. The molecule has 2 N–H and O–H groups in total. The molecule has 1 aliphatic heterocycles. The first kappa shape index (κ1) is 15.8. The van der Waals surface area contributed by atoms with Crippen LogP contribution in [0.2, 0.25) is 0 Å². The van der Waals surface area contributed by atoms with Crippen LogP contribution in [0.15, 0.2) is 0 Å². The van der Waals surface area contributed by atoms with Gasteiger partial charge in [0.15, 0.2) is 0 Å². The molecule has 2 aliphatic carbocycles. The Bertz CT molecular complexity index is 441. The van der Waals surface area contributed by atoms with E-state index < -0.39 is 5.91 Å². The van der Waals surface area contributed by atoms with Gasteiger partial charge < -0.3 is 4.90 Å². The molecule has 2 saturated carbocycles. The van der Waals surface area contributed by atoms with Crippen molar-refractivity contribution in [1.29, 1.82) is 0 Å². The third-order valence-corrected chi connectivity index (χ3v) is 6.00. The highest BCUT2D eigenvalue weighted by atomic mass is 16.5. The molecule has 0 aromatic carbocycles. The summed E-state index contributed by atoms with van der Waals surface area (Å²) < 4.78 is 0. The predicted molar refractivity (Wildman–Crippen MR) is 82.1 cm³/mol. The van der Waals surface area contributed by atoms with E-state index in [-0.39, 0.29) is 18.2 Å². The Balaban J connectivity index is 1.66. The van der Waals surface area contributed by atoms with Crippen LogP contribution in [0.4, 0.5) is 0 Å². The third kappa shape index (κ3) is 3.29. The molecule has 5 heteroatoms. The summed E-state index contributed by atoms with van der Waals surface area (Å²) in [6.07, 6.45) is 9.32. The van der Waals surface area contributed by atoms with Crippen LogP contribution in [0.1, 0.15) is 64.7 Å². The fourth-order valence-corrected chi connectivity index (χ4v) is 4.58. The van der Waals surface area contributed by atoms with Crippen molar-refractivity contribution in [2.75, 3.05) is 6.54 Å². The molecule has 3 fully saturated rings. The minimum atomic E-state index is -0.440. The minimum absolute atomic E-state index is 0.113. The van der Waals surface area contributed by atoms with Gasteiger partial charge in [-0.1, -0.05) is 25.7 Å². The highest BCUT2D eigenvalue weighted by Crippen LogP contribution is 2.55. The number of amides is 2. The number of rotatable bonds is 5. The number of carbonyl (C=O) groups is 2. The van der Waals surface area contributed by atoms with E-state index in [4.69, 9.17) is 5.21 Å². The summed E-state index contributed by atoms with van der Waals surface area (Å²) in [5.41, 5.74) is 2.09. The quantitative estimate of drug-likeness (QED) is 0.605. The Labute approximate surface area is 132 Å². The number of carbonyl (C=O) groups excluding carboxylic acids is 2. The standard InChI is InChI=1S/C17H28N2O3/c1-12-10-17(6-7-17)11-19(12)16(21)14(9-15(20)18-22)8-13-4-2-3-5-13/h12-14,22H,2-11H2,1H3,(H,18,20)/t12?,14-/m1/s1. The maximum absolute atomic E-state index is 13.0. The maximum atomic E-state index is 13.0. The van der Waals surface area contributed by atoms with E-state index in [2.05, 4.69) is 6.92 Å². The average Bonchev–Trinajstić information content (AvgIpc) is 2.91. The lowest BCUT2D eigenvalue weighted by Crippen LogP contribution is -2.41. The van der Waals surface area contributed by atoms with Crippen molar-refractivity contribution in [3.63, 3.8) is 0 Å². The van der Waals surface area contributed by atoms with Crippen molar-refractivity contribution < 1.29 is 14.8 Å². The van der Waals surface area contributed by atoms with E-state index in [1.165, 1.54) is 38.5 Å². The molecule has 2 amide bonds. The van der Waals surface area contributed by atoms with Gasteiger partial charge >= 0.3 is 0 Å². The van der Waals surface area contributed by atoms with Crippen LogP contribution in [-0.2, 0) is 9.59 Å². The van der Waals surface area contributed by atoms with Gasteiger partial charge in [0.25, 0.3) is 0 Å². The summed E-state index contributed by atoms with van der Waals surface area (Å²) in [5, 5.41) is 8.81. The molecule has 5 nitrogen and oxygen atoms in total. The number of nitrogens with one attached hydrogen (secondary N) is 1. The fraction of sp³-hybridized carbons (Fsp3) is 0.882. The first-order valence-electron chi connectivity index (χ1n) is 8.76. The molecule has 1 spiro atoms. The second-order valence-corrected chi connectivity index (χ2v) is 7.84. The van der Waals surface area contributed by atoms with E-state index in [1.807, 2.05) is 4.90 Å². The number of hydroxylamine groups is 1. The Kier molecular flexibility index (Phi) is 4.44. The number of nitrogens with zero attached hydrogens (tertiary/aromatic N) is 1. The van der Waals surface area contributed by atoms with Crippen LogP contribution in [0.3, 0.4) is 0 Å². The Morgan fingerprint density at radius 3 is 2.55 bits per heavy atom. The Hall–Kier alpha value is -1.10.